The molecule has 10 heteroatoms. The molecule has 34 heavy (non-hydrogen) atoms. The van der Waals surface area contributed by atoms with E-state index in [4.69, 9.17) is 44.0 Å². The van der Waals surface area contributed by atoms with Gasteiger partial charge in [0.15, 0.2) is 0 Å². The van der Waals surface area contributed by atoms with Crippen molar-refractivity contribution in [2.45, 2.75) is 13.5 Å². The van der Waals surface area contributed by atoms with Gasteiger partial charge in [0.25, 0.3) is 11.1 Å². The summed E-state index contributed by atoms with van der Waals surface area (Å²) in [4.78, 5) is 38.7. The van der Waals surface area contributed by atoms with Crippen LogP contribution in [0.1, 0.15) is 28.6 Å². The fourth-order valence-corrected chi connectivity index (χ4v) is 4.55. The maximum absolute atomic E-state index is 12.8. The highest BCUT2D eigenvalue weighted by Crippen LogP contribution is 2.35. The Morgan fingerprint density at radius 1 is 1.03 bits per heavy atom. The Labute approximate surface area is 214 Å². The average Bonchev–Trinajstić information content (AvgIpc) is 3.37. The molecule has 0 aliphatic carbocycles. The predicted molar refractivity (Wildman–Crippen MR) is 133 cm³/mol. The number of nitrogens with zero attached hydrogens (tertiary/aromatic N) is 1. The van der Waals surface area contributed by atoms with E-state index in [9.17, 15) is 14.4 Å². The third-order valence-electron chi connectivity index (χ3n) is 4.84. The van der Waals surface area contributed by atoms with Gasteiger partial charge in [-0.2, -0.15) is 0 Å². The van der Waals surface area contributed by atoms with Crippen LogP contribution < -0.4 is 0 Å². The number of esters is 1. The minimum Gasteiger partial charge on any atom is -0.462 e. The van der Waals surface area contributed by atoms with Crippen molar-refractivity contribution in [1.82, 2.24) is 4.90 Å². The van der Waals surface area contributed by atoms with Crippen molar-refractivity contribution in [2.75, 3.05) is 6.61 Å². The highest BCUT2D eigenvalue weighted by Gasteiger charge is 2.35. The molecule has 1 fully saturated rings. The summed E-state index contributed by atoms with van der Waals surface area (Å²) < 4.78 is 10.9. The molecule has 1 saturated heterocycles. The van der Waals surface area contributed by atoms with Gasteiger partial charge in [-0.15, -0.1) is 0 Å². The van der Waals surface area contributed by atoms with E-state index in [1.807, 2.05) is 0 Å². The summed E-state index contributed by atoms with van der Waals surface area (Å²) in [6.45, 7) is 2.01. The number of thioether (sulfide) groups is 1. The number of ether oxygens (including phenoxy) is 1. The molecule has 4 rings (SSSR count). The third-order valence-corrected chi connectivity index (χ3v) is 6.82. The Hall–Kier alpha value is -2.71. The molecule has 0 spiro atoms. The third kappa shape index (κ3) is 5.18. The Morgan fingerprint density at radius 2 is 1.79 bits per heavy atom. The van der Waals surface area contributed by atoms with Gasteiger partial charge < -0.3 is 9.15 Å². The van der Waals surface area contributed by atoms with Gasteiger partial charge in [-0.05, 0) is 66.7 Å². The van der Waals surface area contributed by atoms with Gasteiger partial charge >= 0.3 is 5.97 Å². The first-order chi connectivity index (χ1) is 16.3. The summed E-state index contributed by atoms with van der Waals surface area (Å²) in [5.41, 5.74) is 1.51. The zero-order valence-electron chi connectivity index (χ0n) is 17.6. The van der Waals surface area contributed by atoms with Gasteiger partial charge in [0.05, 0.1) is 38.7 Å². The number of rotatable bonds is 6. The van der Waals surface area contributed by atoms with Gasteiger partial charge in [-0.3, -0.25) is 14.5 Å². The van der Waals surface area contributed by atoms with Crippen molar-refractivity contribution in [3.05, 3.63) is 85.4 Å². The molecule has 2 amide bonds. The van der Waals surface area contributed by atoms with Crippen molar-refractivity contribution in [3.8, 4) is 11.3 Å². The van der Waals surface area contributed by atoms with Crippen LogP contribution in [0.25, 0.3) is 17.4 Å². The van der Waals surface area contributed by atoms with Crippen LogP contribution in [0.5, 0.6) is 0 Å². The van der Waals surface area contributed by atoms with E-state index >= 15 is 0 Å². The zero-order valence-corrected chi connectivity index (χ0v) is 20.7. The van der Waals surface area contributed by atoms with Crippen LogP contribution in [-0.2, 0) is 16.1 Å². The fraction of sp³-hybridized carbons (Fsp3) is 0.125. The zero-order chi connectivity index (χ0) is 24.4. The predicted octanol–water partition coefficient (Wildman–Crippen LogP) is 7.32. The van der Waals surface area contributed by atoms with Crippen LogP contribution in [0.2, 0.25) is 15.1 Å². The van der Waals surface area contributed by atoms with E-state index in [1.165, 1.54) is 6.08 Å². The van der Waals surface area contributed by atoms with E-state index < -0.39 is 17.1 Å². The maximum atomic E-state index is 12.8. The lowest BCUT2D eigenvalue weighted by atomic mass is 10.1. The molecule has 0 atom stereocenters. The first kappa shape index (κ1) is 24.4. The average molecular weight is 537 g/mol. The highest BCUT2D eigenvalue weighted by atomic mass is 35.5. The van der Waals surface area contributed by atoms with Crippen LogP contribution in [0.4, 0.5) is 4.79 Å². The number of benzene rings is 2. The smallest absolute Gasteiger partial charge is 0.339 e. The Kier molecular flexibility index (Phi) is 7.38. The lowest BCUT2D eigenvalue weighted by molar-refractivity contribution is -0.123. The summed E-state index contributed by atoms with van der Waals surface area (Å²) in [5.74, 6) is -0.127. The number of imide groups is 1. The number of halogens is 3. The number of carbonyl (C=O) groups excluding carboxylic acids is 3. The Bertz CT molecular complexity index is 1330. The standard InChI is InChI=1S/C24H16Cl3NO5S/c1-2-32-23(30)16-10-14(4-7-17(16)25)20-8-5-15(33-20)11-21-22(29)28(24(31)34-21)12-13-3-6-18(26)19(27)9-13/h3-11H,2,12H2,1H3/b21-11+. The van der Waals surface area contributed by atoms with Crippen LogP contribution in [0.15, 0.2) is 57.9 Å². The normalized spacial score (nSPS) is 14.8. The Morgan fingerprint density at radius 3 is 2.53 bits per heavy atom. The minimum atomic E-state index is -0.531. The van der Waals surface area contributed by atoms with E-state index in [0.29, 0.717) is 32.7 Å². The molecule has 0 unspecified atom stereocenters. The molecule has 0 N–H and O–H groups in total. The van der Waals surface area contributed by atoms with E-state index in [1.54, 1.807) is 55.5 Å². The van der Waals surface area contributed by atoms with Gasteiger partial charge in [0, 0.05) is 11.6 Å². The Balaban J connectivity index is 1.54. The molecule has 2 aromatic carbocycles. The molecular formula is C24H16Cl3NO5S. The molecule has 0 bridgehead atoms. The quantitative estimate of drug-likeness (QED) is 0.243. The lowest BCUT2D eigenvalue weighted by Crippen LogP contribution is -2.27. The molecule has 1 aromatic heterocycles. The van der Waals surface area contributed by atoms with Crippen LogP contribution >= 0.6 is 46.6 Å². The van der Waals surface area contributed by atoms with Crippen LogP contribution in [-0.4, -0.2) is 28.6 Å². The molecule has 1 aliphatic heterocycles. The molecule has 0 saturated carbocycles. The lowest BCUT2D eigenvalue weighted by Gasteiger charge is -2.12. The van der Waals surface area contributed by atoms with Crippen LogP contribution in [0, 0.1) is 0 Å². The second kappa shape index (κ2) is 10.3. The van der Waals surface area contributed by atoms with E-state index in [2.05, 4.69) is 0 Å². The van der Waals surface area contributed by atoms with Crippen molar-refractivity contribution < 1.29 is 23.5 Å². The van der Waals surface area contributed by atoms with Crippen molar-refractivity contribution in [1.29, 1.82) is 0 Å². The summed E-state index contributed by atoms with van der Waals surface area (Å²) in [7, 11) is 0. The van der Waals surface area contributed by atoms with Crippen molar-refractivity contribution >= 4 is 69.8 Å². The number of furan rings is 1. The summed E-state index contributed by atoms with van der Waals surface area (Å²) in [6.07, 6.45) is 1.51. The first-order valence-electron chi connectivity index (χ1n) is 10.0. The summed E-state index contributed by atoms with van der Waals surface area (Å²) in [6, 6.07) is 13.2. The number of hydrogen-bond donors (Lipinski definition) is 0. The highest BCUT2D eigenvalue weighted by molar-refractivity contribution is 8.18. The van der Waals surface area contributed by atoms with Gasteiger partial charge in [0.1, 0.15) is 11.5 Å². The van der Waals surface area contributed by atoms with Crippen molar-refractivity contribution in [3.63, 3.8) is 0 Å². The van der Waals surface area contributed by atoms with Gasteiger partial charge in [-0.25, -0.2) is 4.79 Å². The SMILES string of the molecule is CCOC(=O)c1cc(-c2ccc(/C=C3/SC(=O)N(Cc4ccc(Cl)c(Cl)c4)C3=O)o2)ccc1Cl. The van der Waals surface area contributed by atoms with E-state index in [0.717, 1.165) is 16.7 Å². The van der Waals surface area contributed by atoms with E-state index in [-0.39, 0.29) is 28.6 Å². The van der Waals surface area contributed by atoms with Crippen LogP contribution in [0.3, 0.4) is 0 Å². The monoisotopic (exact) mass is 535 g/mol. The molecule has 0 radical (unpaired) electrons. The topological polar surface area (TPSA) is 76.8 Å². The second-order valence-corrected chi connectivity index (χ2v) is 9.35. The van der Waals surface area contributed by atoms with Gasteiger partial charge in [0.2, 0.25) is 0 Å². The maximum Gasteiger partial charge on any atom is 0.339 e. The molecule has 174 valence electrons. The fourth-order valence-electron chi connectivity index (χ4n) is 3.22. The van der Waals surface area contributed by atoms with Crippen molar-refractivity contribution in [2.24, 2.45) is 0 Å². The summed E-state index contributed by atoms with van der Waals surface area (Å²) in [5, 5.41) is 0.608. The molecule has 1 aliphatic rings. The molecule has 3 aromatic rings. The number of hydrogen-bond acceptors (Lipinski definition) is 6. The number of amides is 2. The summed E-state index contributed by atoms with van der Waals surface area (Å²) >= 11 is 18.9. The minimum absolute atomic E-state index is 0.0731. The second-order valence-electron chi connectivity index (χ2n) is 7.13. The van der Waals surface area contributed by atoms with Gasteiger partial charge in [-0.1, -0.05) is 40.9 Å². The molecule has 6 nitrogen and oxygen atoms in total. The largest absolute Gasteiger partial charge is 0.462 e. The molecule has 2 heterocycles. The number of carbonyl (C=O) groups is 3. The first-order valence-corrected chi connectivity index (χ1v) is 12.0. The molecular weight excluding hydrogens is 521 g/mol.